The van der Waals surface area contributed by atoms with Gasteiger partial charge in [0.2, 0.25) is 0 Å². The maximum Gasteiger partial charge on any atom is 0.0748 e. The molecule has 2 unspecified atom stereocenters. The van der Waals surface area contributed by atoms with Crippen LogP contribution in [0, 0.1) is 5.92 Å². The van der Waals surface area contributed by atoms with Gasteiger partial charge in [0, 0.05) is 18.4 Å². The maximum atomic E-state index is 5.94. The van der Waals surface area contributed by atoms with Gasteiger partial charge in [0.15, 0.2) is 0 Å². The lowest BCUT2D eigenvalue weighted by atomic mass is 9.69. The predicted molar refractivity (Wildman–Crippen MR) is 74.3 cm³/mol. The molecule has 2 nitrogen and oxygen atoms in total. The van der Waals surface area contributed by atoms with Crippen molar-refractivity contribution in [2.75, 3.05) is 13.2 Å². The van der Waals surface area contributed by atoms with Gasteiger partial charge in [0.25, 0.3) is 0 Å². The molecule has 0 radical (unpaired) electrons. The van der Waals surface area contributed by atoms with Crippen molar-refractivity contribution in [2.24, 2.45) is 5.92 Å². The van der Waals surface area contributed by atoms with Crippen LogP contribution in [0.5, 0.6) is 0 Å². The molecule has 2 rings (SSSR count). The average Bonchev–Trinajstić information content (AvgIpc) is 2.40. The number of benzene rings is 1. The first-order valence-electron chi connectivity index (χ1n) is 7.14. The van der Waals surface area contributed by atoms with Crippen LogP contribution in [-0.2, 0) is 10.2 Å². The Hall–Kier alpha value is -0.860. The van der Waals surface area contributed by atoms with Gasteiger partial charge in [-0.3, -0.25) is 0 Å². The third-order valence-corrected chi connectivity index (χ3v) is 4.29. The molecule has 0 aromatic heterocycles. The van der Waals surface area contributed by atoms with Gasteiger partial charge in [-0.25, -0.2) is 0 Å². The van der Waals surface area contributed by atoms with Crippen molar-refractivity contribution < 1.29 is 10.5 Å². The van der Waals surface area contributed by atoms with Crippen LogP contribution >= 0.6 is 0 Å². The normalized spacial score (nSPS) is 28.6. The second-order valence-corrected chi connectivity index (χ2v) is 5.86. The summed E-state index contributed by atoms with van der Waals surface area (Å²) < 4.78 is 5.94. The summed E-state index contributed by atoms with van der Waals surface area (Å²) in [5.41, 5.74) is 5.84. The zero-order valence-electron chi connectivity index (χ0n) is 11.7. The molecule has 0 saturated carbocycles. The van der Waals surface area contributed by atoms with E-state index < -0.39 is 0 Å². The average molecular weight is 248 g/mol. The topological polar surface area (TPSA) is 36.9 Å². The van der Waals surface area contributed by atoms with Gasteiger partial charge in [-0.1, -0.05) is 44.2 Å². The van der Waals surface area contributed by atoms with Crippen molar-refractivity contribution in [2.45, 2.75) is 44.6 Å². The lowest BCUT2D eigenvalue weighted by Gasteiger charge is -2.42. The number of hydrogen-bond donors (Lipinski definition) is 1. The monoisotopic (exact) mass is 248 g/mol. The van der Waals surface area contributed by atoms with Crippen LogP contribution in [0.3, 0.4) is 0 Å². The van der Waals surface area contributed by atoms with Gasteiger partial charge in [0.05, 0.1) is 12.6 Å². The van der Waals surface area contributed by atoms with E-state index in [1.807, 2.05) is 0 Å². The van der Waals surface area contributed by atoms with Crippen LogP contribution in [0.1, 0.15) is 38.7 Å². The quantitative estimate of drug-likeness (QED) is 0.872. The van der Waals surface area contributed by atoms with E-state index in [1.165, 1.54) is 12.0 Å². The second-order valence-electron chi connectivity index (χ2n) is 5.86. The van der Waals surface area contributed by atoms with Crippen LogP contribution < -0.4 is 5.73 Å². The van der Waals surface area contributed by atoms with Gasteiger partial charge < -0.3 is 10.5 Å². The molecule has 1 fully saturated rings. The summed E-state index contributed by atoms with van der Waals surface area (Å²) in [5, 5.41) is 0. The number of ether oxygens (including phenoxy) is 1. The van der Waals surface area contributed by atoms with E-state index in [1.54, 1.807) is 0 Å². The molecule has 0 spiro atoms. The molecular weight excluding hydrogens is 222 g/mol. The van der Waals surface area contributed by atoms with E-state index in [9.17, 15) is 0 Å². The Bertz CT molecular complexity index is 359. The zero-order valence-corrected chi connectivity index (χ0v) is 11.7. The maximum absolute atomic E-state index is 5.94. The highest BCUT2D eigenvalue weighted by atomic mass is 16.5. The van der Waals surface area contributed by atoms with Crippen molar-refractivity contribution in [3.05, 3.63) is 35.9 Å². The van der Waals surface area contributed by atoms with Gasteiger partial charge in [-0.05, 0) is 24.3 Å². The number of quaternary nitrogens is 1. The van der Waals surface area contributed by atoms with E-state index in [4.69, 9.17) is 4.74 Å². The van der Waals surface area contributed by atoms with Crippen molar-refractivity contribution in [1.29, 1.82) is 0 Å². The molecule has 2 atom stereocenters. The molecule has 100 valence electrons. The van der Waals surface area contributed by atoms with E-state index >= 15 is 0 Å². The molecule has 1 aromatic carbocycles. The molecule has 1 saturated heterocycles. The summed E-state index contributed by atoms with van der Waals surface area (Å²) in [4.78, 5) is 0. The summed E-state index contributed by atoms with van der Waals surface area (Å²) in [6.45, 7) is 6.41. The third-order valence-electron chi connectivity index (χ3n) is 4.29. The van der Waals surface area contributed by atoms with Crippen LogP contribution in [0.25, 0.3) is 0 Å². The van der Waals surface area contributed by atoms with Gasteiger partial charge in [-0.15, -0.1) is 0 Å². The summed E-state index contributed by atoms with van der Waals surface area (Å²) in [6, 6.07) is 11.0. The van der Waals surface area contributed by atoms with Crippen molar-refractivity contribution in [3.63, 3.8) is 0 Å². The van der Waals surface area contributed by atoms with Gasteiger partial charge in [0.1, 0.15) is 0 Å². The van der Waals surface area contributed by atoms with Crippen LogP contribution in [0.4, 0.5) is 0 Å². The standard InChI is InChI=1S/C16H25NO/c1-13(2)15-12-16(8-10-17,9-11-18-15)14-6-4-3-5-7-14/h3-7,13,15H,8-12,17H2,1-2H3/p+1. The van der Waals surface area contributed by atoms with Gasteiger partial charge in [-0.2, -0.15) is 0 Å². The Morgan fingerprint density at radius 1 is 1.33 bits per heavy atom. The van der Waals surface area contributed by atoms with Crippen molar-refractivity contribution in [3.8, 4) is 0 Å². The largest absolute Gasteiger partial charge is 0.378 e. The molecule has 1 aliphatic rings. The lowest BCUT2D eigenvalue weighted by Crippen LogP contribution is -2.54. The molecule has 3 N–H and O–H groups in total. The van der Waals surface area contributed by atoms with Crippen LogP contribution in [0.15, 0.2) is 30.3 Å². The van der Waals surface area contributed by atoms with E-state index in [0.29, 0.717) is 12.0 Å². The Morgan fingerprint density at radius 3 is 2.67 bits per heavy atom. The third kappa shape index (κ3) is 2.76. The molecule has 18 heavy (non-hydrogen) atoms. The Kier molecular flexibility index (Phi) is 4.41. The molecule has 0 aliphatic carbocycles. The fourth-order valence-electron chi connectivity index (χ4n) is 3.14. The van der Waals surface area contributed by atoms with Crippen molar-refractivity contribution >= 4 is 0 Å². The Labute approximate surface area is 111 Å². The first kappa shape index (κ1) is 13.6. The number of rotatable bonds is 4. The Balaban J connectivity index is 2.26. The number of hydrogen-bond acceptors (Lipinski definition) is 1. The molecule has 1 aromatic rings. The molecule has 1 heterocycles. The van der Waals surface area contributed by atoms with Gasteiger partial charge >= 0.3 is 0 Å². The van der Waals surface area contributed by atoms with E-state index in [0.717, 1.165) is 26.0 Å². The SMILES string of the molecule is CC(C)C1CC(CC[NH3+])(c2ccccc2)CCO1. The van der Waals surface area contributed by atoms with Crippen molar-refractivity contribution in [1.82, 2.24) is 0 Å². The molecule has 2 heteroatoms. The van der Waals surface area contributed by atoms with E-state index in [-0.39, 0.29) is 5.41 Å². The Morgan fingerprint density at radius 2 is 2.06 bits per heavy atom. The first-order valence-corrected chi connectivity index (χ1v) is 7.14. The summed E-state index contributed by atoms with van der Waals surface area (Å²) in [5.74, 6) is 0.596. The fraction of sp³-hybridized carbons (Fsp3) is 0.625. The summed E-state index contributed by atoms with van der Waals surface area (Å²) in [6.07, 6.45) is 3.84. The lowest BCUT2D eigenvalue weighted by molar-refractivity contribution is -0.371. The first-order chi connectivity index (χ1) is 8.68. The minimum absolute atomic E-state index is 0.288. The fourth-order valence-corrected chi connectivity index (χ4v) is 3.14. The predicted octanol–water partition coefficient (Wildman–Crippen LogP) is 2.39. The minimum atomic E-state index is 0.288. The zero-order chi connectivity index (χ0) is 13.0. The molecule has 0 amide bonds. The highest BCUT2D eigenvalue weighted by Crippen LogP contribution is 2.41. The minimum Gasteiger partial charge on any atom is -0.378 e. The highest BCUT2D eigenvalue weighted by molar-refractivity contribution is 5.26. The molecular formula is C16H26NO+. The molecule has 0 bridgehead atoms. The van der Waals surface area contributed by atoms with E-state index in [2.05, 4.69) is 49.9 Å². The summed E-state index contributed by atoms with van der Waals surface area (Å²) >= 11 is 0. The van der Waals surface area contributed by atoms with Crippen LogP contribution in [-0.4, -0.2) is 19.3 Å². The highest BCUT2D eigenvalue weighted by Gasteiger charge is 2.39. The smallest absolute Gasteiger partial charge is 0.0748 e. The van der Waals surface area contributed by atoms with Crippen LogP contribution in [0.2, 0.25) is 0 Å². The molecule has 1 aliphatic heterocycles. The summed E-state index contributed by atoms with van der Waals surface area (Å²) in [7, 11) is 0. The second kappa shape index (κ2) is 5.85.